The van der Waals surface area contributed by atoms with Crippen molar-refractivity contribution in [3.8, 4) is 17.1 Å². The highest BCUT2D eigenvalue weighted by molar-refractivity contribution is 5.86. The van der Waals surface area contributed by atoms with Gasteiger partial charge in [-0.05, 0) is 36.1 Å². The SMILES string of the molecule is COc1cccc(-c2nc(C(C(C)C)(C(c3ccccc3)c3ccccc3)N3CCNCC3)c(C)[nH]2)c1.Cl.Cl.Cl. The molecule has 0 aliphatic carbocycles. The second-order valence-corrected chi connectivity index (χ2v) is 10.3. The number of rotatable bonds is 8. The van der Waals surface area contributed by atoms with Gasteiger partial charge in [0.05, 0.1) is 18.3 Å². The maximum absolute atomic E-state index is 5.51. The highest BCUT2D eigenvalue weighted by Gasteiger charge is 2.51. The average molecular weight is 604 g/mol. The lowest BCUT2D eigenvalue weighted by atomic mass is 9.65. The van der Waals surface area contributed by atoms with E-state index in [4.69, 9.17) is 9.72 Å². The van der Waals surface area contributed by atoms with Crippen molar-refractivity contribution in [2.45, 2.75) is 32.2 Å². The van der Waals surface area contributed by atoms with Crippen LogP contribution in [-0.4, -0.2) is 48.2 Å². The van der Waals surface area contributed by atoms with E-state index in [0.29, 0.717) is 0 Å². The standard InChI is InChI=1S/C32H38N4O.3ClH/c1-23(2)32(36-20-18-33-19-21-36,29(25-12-7-5-8-13-25)26-14-9-6-10-15-26)30-24(3)34-31(35-30)27-16-11-17-28(22-27)37-4;;;/h5-17,22-23,29,33H,18-21H2,1-4H3,(H,34,35);3*1H. The molecule has 1 unspecified atom stereocenters. The third-order valence-corrected chi connectivity index (χ3v) is 7.83. The maximum atomic E-state index is 5.51. The summed E-state index contributed by atoms with van der Waals surface area (Å²) in [6.07, 6.45) is 0. The molecule has 4 aromatic rings. The van der Waals surface area contributed by atoms with Crippen LogP contribution < -0.4 is 10.1 Å². The Kier molecular flexibility index (Phi) is 12.5. The number of H-pyrrole nitrogens is 1. The number of aromatic nitrogens is 2. The minimum atomic E-state index is -0.359. The molecule has 0 bridgehead atoms. The Balaban J connectivity index is 0.00000187. The van der Waals surface area contributed by atoms with Crippen LogP contribution in [0.2, 0.25) is 0 Å². The number of nitrogens with zero attached hydrogens (tertiary/aromatic N) is 2. The van der Waals surface area contributed by atoms with E-state index in [-0.39, 0.29) is 54.6 Å². The van der Waals surface area contributed by atoms with Crippen molar-refractivity contribution in [1.82, 2.24) is 20.2 Å². The van der Waals surface area contributed by atoms with E-state index in [9.17, 15) is 0 Å². The first-order valence-corrected chi connectivity index (χ1v) is 13.3. The van der Waals surface area contributed by atoms with Crippen molar-refractivity contribution < 1.29 is 4.74 Å². The first-order valence-electron chi connectivity index (χ1n) is 13.3. The summed E-state index contributed by atoms with van der Waals surface area (Å²) in [6, 6.07) is 30.1. The van der Waals surface area contributed by atoms with Crippen LogP contribution in [0.5, 0.6) is 5.75 Å². The normalized spacial score (nSPS) is 14.9. The highest BCUT2D eigenvalue weighted by Crippen LogP contribution is 2.51. The molecule has 1 atom stereocenters. The van der Waals surface area contributed by atoms with Gasteiger partial charge in [0.15, 0.2) is 0 Å². The fourth-order valence-corrected chi connectivity index (χ4v) is 6.22. The summed E-state index contributed by atoms with van der Waals surface area (Å²) in [4.78, 5) is 11.8. The van der Waals surface area contributed by atoms with Crippen LogP contribution in [0, 0.1) is 12.8 Å². The number of hydrogen-bond acceptors (Lipinski definition) is 4. The number of hydrogen-bond donors (Lipinski definition) is 2. The monoisotopic (exact) mass is 602 g/mol. The molecule has 0 amide bonds. The number of nitrogens with one attached hydrogen (secondary N) is 2. The molecule has 0 saturated carbocycles. The summed E-state index contributed by atoms with van der Waals surface area (Å²) in [5.41, 5.74) is 5.53. The van der Waals surface area contributed by atoms with Gasteiger partial charge < -0.3 is 15.0 Å². The van der Waals surface area contributed by atoms with Gasteiger partial charge in [0.1, 0.15) is 11.6 Å². The fraction of sp³-hybridized carbons (Fsp3) is 0.344. The molecule has 1 aliphatic heterocycles. The van der Waals surface area contributed by atoms with Crippen molar-refractivity contribution >= 4 is 37.2 Å². The van der Waals surface area contributed by atoms with Crippen molar-refractivity contribution in [2.24, 2.45) is 5.92 Å². The topological polar surface area (TPSA) is 53.2 Å². The molecule has 3 aromatic carbocycles. The third-order valence-electron chi connectivity index (χ3n) is 7.83. The summed E-state index contributed by atoms with van der Waals surface area (Å²) in [6.45, 7) is 10.8. The van der Waals surface area contributed by atoms with Gasteiger partial charge in [-0.3, -0.25) is 4.90 Å². The van der Waals surface area contributed by atoms with E-state index in [1.807, 2.05) is 12.1 Å². The molecule has 2 heterocycles. The van der Waals surface area contributed by atoms with Crippen LogP contribution in [0.4, 0.5) is 0 Å². The van der Waals surface area contributed by atoms with Gasteiger partial charge in [0.2, 0.25) is 0 Å². The first-order chi connectivity index (χ1) is 18.1. The predicted octanol–water partition coefficient (Wildman–Crippen LogP) is 7.25. The van der Waals surface area contributed by atoms with Gasteiger partial charge in [-0.1, -0.05) is 86.6 Å². The Morgan fingerprint density at radius 2 is 1.40 bits per heavy atom. The van der Waals surface area contributed by atoms with E-state index >= 15 is 0 Å². The Morgan fingerprint density at radius 3 is 1.93 bits per heavy atom. The maximum Gasteiger partial charge on any atom is 0.138 e. The zero-order valence-electron chi connectivity index (χ0n) is 23.6. The molecule has 0 radical (unpaired) electrons. The van der Waals surface area contributed by atoms with Gasteiger partial charge in [-0.25, -0.2) is 4.98 Å². The molecule has 5 rings (SSSR count). The van der Waals surface area contributed by atoms with Gasteiger partial charge in [-0.2, -0.15) is 0 Å². The predicted molar refractivity (Wildman–Crippen MR) is 173 cm³/mol. The van der Waals surface area contributed by atoms with Crippen molar-refractivity contribution in [3.63, 3.8) is 0 Å². The quantitative estimate of drug-likeness (QED) is 0.223. The van der Waals surface area contributed by atoms with Gasteiger partial charge in [0, 0.05) is 43.4 Å². The Morgan fingerprint density at radius 1 is 0.825 bits per heavy atom. The zero-order valence-corrected chi connectivity index (χ0v) is 26.0. The Labute approximate surface area is 257 Å². The second-order valence-electron chi connectivity index (χ2n) is 10.3. The molecule has 5 nitrogen and oxygen atoms in total. The molecule has 1 aliphatic rings. The largest absolute Gasteiger partial charge is 0.497 e. The van der Waals surface area contributed by atoms with Crippen LogP contribution >= 0.6 is 37.2 Å². The van der Waals surface area contributed by atoms with Crippen molar-refractivity contribution in [3.05, 3.63) is 107 Å². The van der Waals surface area contributed by atoms with E-state index in [2.05, 4.69) is 109 Å². The van der Waals surface area contributed by atoms with E-state index in [1.54, 1.807) is 7.11 Å². The van der Waals surface area contributed by atoms with E-state index in [1.165, 1.54) is 11.1 Å². The smallest absolute Gasteiger partial charge is 0.138 e. The summed E-state index contributed by atoms with van der Waals surface area (Å²) in [5.74, 6) is 2.10. The van der Waals surface area contributed by atoms with Crippen molar-refractivity contribution in [1.29, 1.82) is 0 Å². The summed E-state index contributed by atoms with van der Waals surface area (Å²) >= 11 is 0. The molecule has 1 fully saturated rings. The number of piperazine rings is 1. The first kappa shape index (κ1) is 33.7. The second kappa shape index (κ2) is 14.9. The van der Waals surface area contributed by atoms with Gasteiger partial charge in [0.25, 0.3) is 0 Å². The number of halogens is 3. The third kappa shape index (κ3) is 6.35. The number of imidazole rings is 1. The number of methoxy groups -OCH3 is 1. The molecule has 1 aromatic heterocycles. The van der Waals surface area contributed by atoms with Crippen LogP contribution in [0.1, 0.15) is 42.3 Å². The number of benzene rings is 3. The summed E-state index contributed by atoms with van der Waals surface area (Å²) in [5, 5.41) is 3.57. The van der Waals surface area contributed by atoms with Crippen LogP contribution in [0.3, 0.4) is 0 Å². The molecule has 216 valence electrons. The summed E-state index contributed by atoms with van der Waals surface area (Å²) in [7, 11) is 1.70. The highest BCUT2D eigenvalue weighted by atomic mass is 35.5. The molecule has 8 heteroatoms. The van der Waals surface area contributed by atoms with Crippen LogP contribution in [-0.2, 0) is 5.54 Å². The molecular formula is C32H41Cl3N4O. The van der Waals surface area contributed by atoms with Crippen molar-refractivity contribution in [2.75, 3.05) is 33.3 Å². The van der Waals surface area contributed by atoms with E-state index < -0.39 is 0 Å². The molecule has 40 heavy (non-hydrogen) atoms. The Bertz CT molecular complexity index is 1270. The molecule has 0 spiro atoms. The Hall–Kier alpha value is -2.54. The lowest BCUT2D eigenvalue weighted by Gasteiger charge is -2.53. The lowest BCUT2D eigenvalue weighted by molar-refractivity contribution is 0.0108. The van der Waals surface area contributed by atoms with Gasteiger partial charge in [-0.15, -0.1) is 37.2 Å². The zero-order chi connectivity index (χ0) is 25.8. The lowest BCUT2D eigenvalue weighted by Crippen LogP contribution is -2.60. The summed E-state index contributed by atoms with van der Waals surface area (Å²) < 4.78 is 5.51. The van der Waals surface area contributed by atoms with E-state index in [0.717, 1.165) is 54.7 Å². The van der Waals surface area contributed by atoms with Crippen LogP contribution in [0.15, 0.2) is 84.9 Å². The number of aromatic amines is 1. The minimum absolute atomic E-state index is 0. The molecule has 1 saturated heterocycles. The number of ether oxygens (including phenoxy) is 1. The molecule has 2 N–H and O–H groups in total. The fourth-order valence-electron chi connectivity index (χ4n) is 6.22. The van der Waals surface area contributed by atoms with Crippen LogP contribution in [0.25, 0.3) is 11.4 Å². The number of aryl methyl sites for hydroxylation is 1. The molecular weight excluding hydrogens is 563 g/mol. The van der Waals surface area contributed by atoms with Gasteiger partial charge >= 0.3 is 0 Å². The minimum Gasteiger partial charge on any atom is -0.497 e. The average Bonchev–Trinajstić information content (AvgIpc) is 3.34.